The molecule has 0 bridgehead atoms. The van der Waals surface area contributed by atoms with Gasteiger partial charge in [0.05, 0.1) is 5.39 Å². The minimum atomic E-state index is -1.33. The molecule has 0 radical (unpaired) electrons. The van der Waals surface area contributed by atoms with Crippen LogP contribution in [0.3, 0.4) is 0 Å². The van der Waals surface area contributed by atoms with Crippen LogP contribution in [-0.4, -0.2) is 32.8 Å². The number of anilines is 1. The molecule has 0 spiro atoms. The average Bonchev–Trinajstić information content (AvgIpc) is 2.67. The maximum absolute atomic E-state index is 12.5. The Morgan fingerprint density at radius 3 is 2.41 bits per heavy atom. The summed E-state index contributed by atoms with van der Waals surface area (Å²) in [5.74, 6) is -2.14. The molecule has 3 aromatic rings. The van der Waals surface area contributed by atoms with Gasteiger partial charge in [-0.15, -0.1) is 0 Å². The molecule has 1 aromatic heterocycles. The molecule has 0 aliphatic rings. The Kier molecular flexibility index (Phi) is 5.40. The number of carboxylic acid groups (broad SMARTS) is 1. The number of hydrogen-bond acceptors (Lipinski definition) is 5. The maximum Gasteiger partial charge on any atom is 0.357 e. The molecule has 0 saturated carbocycles. The first-order chi connectivity index (χ1) is 13.8. The van der Waals surface area contributed by atoms with E-state index in [-0.39, 0.29) is 16.5 Å². The number of aromatic carboxylic acids is 1. The number of carbonyl (C=O) groups excluding carboxylic acids is 2. The predicted octanol–water partition coefficient (Wildman–Crippen LogP) is 2.06. The number of benzene rings is 2. The van der Waals surface area contributed by atoms with E-state index in [2.05, 4.69) is 15.7 Å². The van der Waals surface area contributed by atoms with E-state index in [1.165, 1.54) is 12.1 Å². The van der Waals surface area contributed by atoms with Crippen molar-refractivity contribution < 1.29 is 19.5 Å². The van der Waals surface area contributed by atoms with Crippen LogP contribution >= 0.6 is 0 Å². The lowest BCUT2D eigenvalue weighted by Crippen LogP contribution is -2.39. The Bertz CT molecular complexity index is 1200. The maximum atomic E-state index is 12.5. The zero-order valence-electron chi connectivity index (χ0n) is 15.7. The summed E-state index contributed by atoms with van der Waals surface area (Å²) in [5.41, 5.74) is 1.39. The van der Waals surface area contributed by atoms with E-state index in [0.29, 0.717) is 5.69 Å². The van der Waals surface area contributed by atoms with Crippen LogP contribution in [0.15, 0.2) is 47.3 Å². The second-order valence-corrected chi connectivity index (χ2v) is 6.41. The fourth-order valence-electron chi connectivity index (χ4n) is 2.84. The van der Waals surface area contributed by atoms with Crippen molar-refractivity contribution in [2.75, 3.05) is 5.32 Å². The van der Waals surface area contributed by atoms with Crippen molar-refractivity contribution in [1.82, 2.24) is 15.1 Å². The first-order valence-electron chi connectivity index (χ1n) is 8.68. The van der Waals surface area contributed by atoms with E-state index in [0.717, 1.165) is 15.8 Å². The second-order valence-electron chi connectivity index (χ2n) is 6.41. The average molecular weight is 394 g/mol. The first-order valence-corrected chi connectivity index (χ1v) is 8.68. The van der Waals surface area contributed by atoms with E-state index in [4.69, 9.17) is 0 Å². The van der Waals surface area contributed by atoms with Crippen LogP contribution in [0.1, 0.15) is 21.6 Å². The van der Waals surface area contributed by atoms with E-state index < -0.39 is 30.0 Å². The molecule has 0 aliphatic carbocycles. The molecule has 0 aliphatic heterocycles. The quantitative estimate of drug-likeness (QED) is 0.621. The number of aromatic nitrogens is 2. The highest BCUT2D eigenvalue weighted by atomic mass is 16.4. The zero-order chi connectivity index (χ0) is 21.1. The summed E-state index contributed by atoms with van der Waals surface area (Å²) in [6.07, 6.45) is 0. The summed E-state index contributed by atoms with van der Waals surface area (Å²) in [5, 5.41) is 18.1. The number of urea groups is 1. The second kappa shape index (κ2) is 7.93. The largest absolute Gasteiger partial charge is 0.476 e. The van der Waals surface area contributed by atoms with Crippen LogP contribution in [0.25, 0.3) is 10.8 Å². The van der Waals surface area contributed by atoms with Crippen molar-refractivity contribution in [3.63, 3.8) is 0 Å². The van der Waals surface area contributed by atoms with Crippen molar-refractivity contribution in [2.24, 2.45) is 0 Å². The molecule has 1 heterocycles. The number of carbonyl (C=O) groups is 3. The van der Waals surface area contributed by atoms with Crippen LogP contribution < -0.4 is 16.2 Å². The third-order valence-electron chi connectivity index (χ3n) is 4.47. The summed E-state index contributed by atoms with van der Waals surface area (Å²) >= 11 is 0. The van der Waals surface area contributed by atoms with Crippen molar-refractivity contribution in [3.05, 3.63) is 69.6 Å². The van der Waals surface area contributed by atoms with Gasteiger partial charge in [0, 0.05) is 11.1 Å². The Labute approximate surface area is 165 Å². The molecule has 3 rings (SSSR count). The smallest absolute Gasteiger partial charge is 0.357 e. The number of imide groups is 1. The van der Waals surface area contributed by atoms with Crippen molar-refractivity contribution >= 4 is 34.4 Å². The standard InChI is InChI=1S/C20H18N4O5/c1-11-6-5-9-15(12(11)2)21-20(29)22-16(25)10-24-18(26)14-8-4-3-7-13(14)17(23-24)19(27)28/h3-9H,10H2,1-2H3,(H,27,28)(H2,21,22,25,29). The van der Waals surface area contributed by atoms with Gasteiger partial charge in [0.25, 0.3) is 5.56 Å². The zero-order valence-corrected chi connectivity index (χ0v) is 15.7. The monoisotopic (exact) mass is 394 g/mol. The Balaban J connectivity index is 1.80. The van der Waals surface area contributed by atoms with Crippen LogP contribution in [-0.2, 0) is 11.3 Å². The van der Waals surface area contributed by atoms with Gasteiger partial charge in [0.15, 0.2) is 5.69 Å². The highest BCUT2D eigenvalue weighted by Crippen LogP contribution is 2.17. The third-order valence-corrected chi connectivity index (χ3v) is 4.47. The Morgan fingerprint density at radius 1 is 1.03 bits per heavy atom. The summed E-state index contributed by atoms with van der Waals surface area (Å²) < 4.78 is 0.728. The van der Waals surface area contributed by atoms with Gasteiger partial charge >= 0.3 is 12.0 Å². The number of nitrogens with one attached hydrogen (secondary N) is 2. The topological polar surface area (TPSA) is 130 Å². The summed E-state index contributed by atoms with van der Waals surface area (Å²) in [4.78, 5) is 48.3. The number of carboxylic acids is 1. The molecule has 9 heteroatoms. The molecule has 0 unspecified atom stereocenters. The molecule has 9 nitrogen and oxygen atoms in total. The fraction of sp³-hybridized carbons (Fsp3) is 0.150. The summed E-state index contributed by atoms with van der Waals surface area (Å²) in [6, 6.07) is 10.7. The highest BCUT2D eigenvalue weighted by Gasteiger charge is 2.18. The Morgan fingerprint density at radius 2 is 1.72 bits per heavy atom. The first kappa shape index (κ1) is 19.7. The minimum Gasteiger partial charge on any atom is -0.476 e. The lowest BCUT2D eigenvalue weighted by atomic mass is 10.1. The highest BCUT2D eigenvalue weighted by molar-refractivity contribution is 6.02. The molecule has 148 valence electrons. The normalized spacial score (nSPS) is 10.6. The SMILES string of the molecule is Cc1cccc(NC(=O)NC(=O)Cn2nc(C(=O)O)c3ccccc3c2=O)c1C. The Hall–Kier alpha value is -4.01. The van der Waals surface area contributed by atoms with E-state index in [1.807, 2.05) is 19.9 Å². The van der Waals surface area contributed by atoms with Gasteiger partial charge in [-0.05, 0) is 37.1 Å². The van der Waals surface area contributed by atoms with Crippen molar-refractivity contribution in [2.45, 2.75) is 20.4 Å². The van der Waals surface area contributed by atoms with E-state index in [1.54, 1.807) is 24.3 Å². The molecule has 0 fully saturated rings. The van der Waals surface area contributed by atoms with Gasteiger partial charge in [-0.25, -0.2) is 14.3 Å². The van der Waals surface area contributed by atoms with E-state index in [9.17, 15) is 24.3 Å². The van der Waals surface area contributed by atoms with E-state index >= 15 is 0 Å². The van der Waals surface area contributed by atoms with Gasteiger partial charge < -0.3 is 10.4 Å². The number of nitrogens with zero attached hydrogens (tertiary/aromatic N) is 2. The van der Waals surface area contributed by atoms with Crippen molar-refractivity contribution in [3.8, 4) is 0 Å². The molecular formula is C20H18N4O5. The predicted molar refractivity (Wildman–Crippen MR) is 106 cm³/mol. The van der Waals surface area contributed by atoms with Crippen molar-refractivity contribution in [1.29, 1.82) is 0 Å². The van der Waals surface area contributed by atoms with Crippen LogP contribution in [0.4, 0.5) is 10.5 Å². The van der Waals surface area contributed by atoms with Gasteiger partial charge in [-0.2, -0.15) is 5.10 Å². The molecule has 0 atom stereocenters. The summed E-state index contributed by atoms with van der Waals surface area (Å²) in [6.45, 7) is 3.12. The number of aryl methyl sites for hydroxylation is 1. The van der Waals surface area contributed by atoms with Gasteiger partial charge in [-0.1, -0.05) is 30.3 Å². The molecule has 3 N–H and O–H groups in total. The van der Waals surface area contributed by atoms with Gasteiger partial charge in [0.2, 0.25) is 5.91 Å². The molecular weight excluding hydrogens is 376 g/mol. The van der Waals surface area contributed by atoms with Gasteiger partial charge in [-0.3, -0.25) is 14.9 Å². The molecule has 29 heavy (non-hydrogen) atoms. The molecule has 2 aromatic carbocycles. The minimum absolute atomic E-state index is 0.118. The number of amides is 3. The lowest BCUT2D eigenvalue weighted by molar-refractivity contribution is -0.120. The van der Waals surface area contributed by atoms with Crippen LogP contribution in [0.5, 0.6) is 0 Å². The number of fused-ring (bicyclic) bond motifs is 1. The van der Waals surface area contributed by atoms with Gasteiger partial charge in [0.1, 0.15) is 6.54 Å². The molecule has 0 saturated heterocycles. The third kappa shape index (κ3) is 4.13. The summed E-state index contributed by atoms with van der Waals surface area (Å²) in [7, 11) is 0. The molecule has 3 amide bonds. The lowest BCUT2D eigenvalue weighted by Gasteiger charge is -2.12. The fourth-order valence-corrected chi connectivity index (χ4v) is 2.84. The van der Waals surface area contributed by atoms with Crippen LogP contribution in [0, 0.1) is 13.8 Å². The van der Waals surface area contributed by atoms with Crippen LogP contribution in [0.2, 0.25) is 0 Å². The number of hydrogen-bond donors (Lipinski definition) is 3. The number of rotatable bonds is 4.